The number of benzene rings is 2. The quantitative estimate of drug-likeness (QED) is 0.294. The van der Waals surface area contributed by atoms with Crippen LogP contribution in [0.4, 0.5) is 30.7 Å². The average molecular weight is 381 g/mol. The van der Waals surface area contributed by atoms with Gasteiger partial charge in [0.25, 0.3) is 11.2 Å². The van der Waals surface area contributed by atoms with Gasteiger partial charge >= 0.3 is 18.0 Å². The second-order valence-corrected chi connectivity index (χ2v) is 5.30. The van der Waals surface area contributed by atoms with Crippen LogP contribution in [0, 0.1) is 5.21 Å². The van der Waals surface area contributed by atoms with Gasteiger partial charge in [0.05, 0.1) is 0 Å². The highest BCUT2D eigenvalue weighted by atomic mass is 19.4. The van der Waals surface area contributed by atoms with E-state index >= 15 is 0 Å². The van der Waals surface area contributed by atoms with Crippen molar-refractivity contribution in [1.82, 2.24) is 0 Å². The van der Waals surface area contributed by atoms with Crippen molar-refractivity contribution >= 4 is 11.1 Å². The van der Waals surface area contributed by atoms with Crippen molar-refractivity contribution in [1.29, 1.82) is 0 Å². The molecule has 0 atom stereocenters. The highest BCUT2D eigenvalue weighted by Gasteiger charge is 2.75. The standard InChI is InChI=1S/C15H6F7NO3/c16-13(17,14(18,19)15(20,21)22)11-9(24)6-5-8-12(11)26-10-4-2-1-3-7(10)23(8)25/h1-6H. The summed E-state index contributed by atoms with van der Waals surface area (Å²) in [7, 11) is 0. The number of hydrogen-bond acceptors (Lipinski definition) is 3. The molecule has 0 saturated carbocycles. The number of halogens is 7. The van der Waals surface area contributed by atoms with Crippen LogP contribution in [0.5, 0.6) is 0 Å². The van der Waals surface area contributed by atoms with Crippen molar-refractivity contribution in [2.75, 3.05) is 0 Å². The number of rotatable bonds is 2. The zero-order valence-corrected chi connectivity index (χ0v) is 12.3. The normalized spacial score (nSPS) is 13.5. The summed E-state index contributed by atoms with van der Waals surface area (Å²) in [5.74, 6) is -13.9. The van der Waals surface area contributed by atoms with Crippen LogP contribution in [0.1, 0.15) is 5.56 Å². The van der Waals surface area contributed by atoms with Crippen LogP contribution >= 0.6 is 0 Å². The van der Waals surface area contributed by atoms with Crippen molar-refractivity contribution < 1.29 is 39.9 Å². The molecular weight excluding hydrogens is 375 g/mol. The van der Waals surface area contributed by atoms with Crippen LogP contribution in [0.2, 0.25) is 0 Å². The van der Waals surface area contributed by atoms with E-state index in [1.165, 1.54) is 18.2 Å². The van der Waals surface area contributed by atoms with Gasteiger partial charge in [0.15, 0.2) is 11.0 Å². The van der Waals surface area contributed by atoms with Crippen molar-refractivity contribution in [3.63, 3.8) is 0 Å². The molecule has 1 aromatic carbocycles. The zero-order chi connectivity index (χ0) is 19.5. The Morgan fingerprint density at radius 1 is 0.923 bits per heavy atom. The third-order valence-corrected chi connectivity index (χ3v) is 3.68. The van der Waals surface area contributed by atoms with Crippen molar-refractivity contribution in [3.05, 3.63) is 57.4 Å². The maximum Gasteiger partial charge on any atom is 0.460 e. The molecule has 26 heavy (non-hydrogen) atoms. The first-order valence-corrected chi connectivity index (χ1v) is 6.80. The summed E-state index contributed by atoms with van der Waals surface area (Å²) in [4.78, 5) is 11.7. The van der Waals surface area contributed by atoms with Crippen molar-refractivity contribution in [3.8, 4) is 11.5 Å². The molecular formula is C15H6F7NO3. The van der Waals surface area contributed by atoms with Gasteiger partial charge in [-0.2, -0.15) is 35.5 Å². The molecule has 0 radical (unpaired) electrons. The highest BCUT2D eigenvalue weighted by Crippen LogP contribution is 2.52. The van der Waals surface area contributed by atoms with Crippen LogP contribution in [0.15, 0.2) is 45.6 Å². The molecule has 0 saturated heterocycles. The minimum absolute atomic E-state index is 0.00107. The predicted molar refractivity (Wildman–Crippen MR) is 73.0 cm³/mol. The first kappa shape index (κ1) is 18.0. The van der Waals surface area contributed by atoms with Gasteiger partial charge < -0.3 is 9.62 Å². The minimum Gasteiger partial charge on any atom is -0.618 e. The summed E-state index contributed by atoms with van der Waals surface area (Å²) < 4.78 is 97.3. The molecule has 0 unspecified atom stereocenters. The Balaban J connectivity index is 2.43. The third-order valence-electron chi connectivity index (χ3n) is 3.68. The number of fused-ring (bicyclic) bond motifs is 2. The summed E-state index contributed by atoms with van der Waals surface area (Å²) in [6.45, 7) is 0. The van der Waals surface area contributed by atoms with E-state index in [0.717, 1.165) is 6.07 Å². The first-order valence-electron chi connectivity index (χ1n) is 6.80. The summed E-state index contributed by atoms with van der Waals surface area (Å²) in [5.41, 5.74) is -5.45. The van der Waals surface area contributed by atoms with E-state index < -0.39 is 40.5 Å². The molecule has 0 aromatic heterocycles. The van der Waals surface area contributed by atoms with Gasteiger partial charge in [-0.3, -0.25) is 4.79 Å². The lowest BCUT2D eigenvalue weighted by Gasteiger charge is -2.28. The first-order chi connectivity index (χ1) is 11.9. The maximum atomic E-state index is 14.1. The zero-order valence-electron chi connectivity index (χ0n) is 12.3. The molecule has 0 spiro atoms. The van der Waals surface area contributed by atoms with Gasteiger partial charge in [-0.25, -0.2) is 0 Å². The van der Waals surface area contributed by atoms with Gasteiger partial charge in [-0.05, 0) is 12.1 Å². The molecule has 1 aliphatic carbocycles. The Morgan fingerprint density at radius 3 is 2.15 bits per heavy atom. The number of nitrogens with zero attached hydrogens (tertiary/aromatic N) is 1. The molecule has 138 valence electrons. The van der Waals surface area contributed by atoms with E-state index in [9.17, 15) is 40.7 Å². The van der Waals surface area contributed by atoms with E-state index in [2.05, 4.69) is 0 Å². The number of alkyl halides is 7. The largest absolute Gasteiger partial charge is 0.618 e. The Morgan fingerprint density at radius 2 is 1.54 bits per heavy atom. The van der Waals surface area contributed by atoms with E-state index in [1.54, 1.807) is 0 Å². The third kappa shape index (κ3) is 2.30. The molecule has 1 aromatic rings. The molecule has 3 rings (SSSR count). The van der Waals surface area contributed by atoms with Crippen molar-refractivity contribution in [2.24, 2.45) is 0 Å². The van der Waals surface area contributed by atoms with Gasteiger partial charge in [0.1, 0.15) is 5.56 Å². The molecule has 0 bridgehead atoms. The van der Waals surface area contributed by atoms with Crippen molar-refractivity contribution in [2.45, 2.75) is 18.0 Å². The summed E-state index contributed by atoms with van der Waals surface area (Å²) in [6, 6.07) is 6.00. The molecule has 11 heteroatoms. The van der Waals surface area contributed by atoms with E-state index in [-0.39, 0.29) is 15.8 Å². The molecule has 2 aliphatic rings. The minimum atomic E-state index is -6.64. The number of aromatic nitrogens is 1. The lowest BCUT2D eigenvalue weighted by Crippen LogP contribution is -2.52. The lowest BCUT2D eigenvalue weighted by molar-refractivity contribution is -0.566. The maximum absolute atomic E-state index is 14.1. The van der Waals surface area contributed by atoms with E-state index in [4.69, 9.17) is 4.42 Å². The second kappa shape index (κ2) is 5.32. The van der Waals surface area contributed by atoms with Gasteiger partial charge in [0, 0.05) is 12.1 Å². The molecule has 0 fully saturated rings. The van der Waals surface area contributed by atoms with E-state index in [1.807, 2.05) is 0 Å². The Hall–Kier alpha value is -2.85. The Bertz CT molecular complexity index is 1030. The topological polar surface area (TPSA) is 57.1 Å². The fraction of sp³-hybridized carbons (Fsp3) is 0.200. The van der Waals surface area contributed by atoms with Crippen LogP contribution in [0.25, 0.3) is 22.6 Å². The fourth-order valence-electron chi connectivity index (χ4n) is 2.40. The van der Waals surface area contributed by atoms with Gasteiger partial charge in [-0.15, -0.1) is 0 Å². The molecule has 4 nitrogen and oxygen atoms in total. The lowest BCUT2D eigenvalue weighted by atomic mass is 9.97. The number of para-hydroxylation sites is 2. The fourth-order valence-corrected chi connectivity index (χ4v) is 2.40. The molecule has 0 N–H and O–H groups in total. The highest BCUT2D eigenvalue weighted by molar-refractivity contribution is 5.72. The Labute approximate surface area is 139 Å². The van der Waals surface area contributed by atoms with Crippen LogP contribution in [-0.4, -0.2) is 12.1 Å². The SMILES string of the molecule is O=c1ccc2[n+]([O-])c3ccccc3oc-2c1C(F)(F)C(F)(F)C(F)(F)F. The van der Waals surface area contributed by atoms with E-state index in [0.29, 0.717) is 12.1 Å². The number of hydrogen-bond donors (Lipinski definition) is 0. The predicted octanol–water partition coefficient (Wildman–Crippen LogP) is 3.82. The van der Waals surface area contributed by atoms with Crippen LogP contribution < -0.4 is 10.2 Å². The van der Waals surface area contributed by atoms with Gasteiger partial charge in [0.2, 0.25) is 5.76 Å². The summed E-state index contributed by atoms with van der Waals surface area (Å²) in [6.07, 6.45) is -6.64. The smallest absolute Gasteiger partial charge is 0.460 e. The molecule has 0 amide bonds. The van der Waals surface area contributed by atoms with Gasteiger partial charge in [-0.1, -0.05) is 12.1 Å². The molecule has 1 aliphatic heterocycles. The van der Waals surface area contributed by atoms with Crippen LogP contribution in [0.3, 0.4) is 0 Å². The monoisotopic (exact) mass is 381 g/mol. The summed E-state index contributed by atoms with van der Waals surface area (Å²) >= 11 is 0. The Kier molecular flexibility index (Phi) is 3.68. The molecule has 1 heterocycles. The average Bonchev–Trinajstić information content (AvgIpc) is 2.53. The second-order valence-electron chi connectivity index (χ2n) is 5.30. The summed E-state index contributed by atoms with van der Waals surface area (Å²) in [5, 5.41) is 12.2. The van der Waals surface area contributed by atoms with Crippen LogP contribution in [-0.2, 0) is 5.92 Å².